The second kappa shape index (κ2) is 8.32. The first kappa shape index (κ1) is 16.2. The predicted molar refractivity (Wildman–Crippen MR) is 91.7 cm³/mol. The highest BCUT2D eigenvalue weighted by Gasteiger charge is 2.07. The van der Waals surface area contributed by atoms with E-state index in [-0.39, 0.29) is 0 Å². The van der Waals surface area contributed by atoms with Gasteiger partial charge < -0.3 is 10.6 Å². The molecule has 2 rings (SSSR count). The average molecular weight is 299 g/mol. The number of aromatic nitrogens is 3. The largest absolute Gasteiger partial charge is 0.353 e. The van der Waals surface area contributed by atoms with E-state index in [4.69, 9.17) is 0 Å². The molecule has 1 heterocycles. The number of nitrogens with one attached hydrogen (secondary N) is 2. The van der Waals surface area contributed by atoms with Crippen LogP contribution in [0.4, 0.5) is 17.5 Å². The maximum atomic E-state index is 4.47. The van der Waals surface area contributed by atoms with Gasteiger partial charge in [-0.1, -0.05) is 51.8 Å². The third-order valence-corrected chi connectivity index (χ3v) is 3.47. The Hall–Kier alpha value is -2.17. The highest BCUT2D eigenvalue weighted by Crippen LogP contribution is 2.26. The SMILES string of the molecule is CCCCCNc1nncc(Nc2ccccc2C(C)C)n1. The molecule has 0 aliphatic heterocycles. The van der Waals surface area contributed by atoms with Gasteiger partial charge in [-0.25, -0.2) is 0 Å². The Morgan fingerprint density at radius 1 is 1.14 bits per heavy atom. The van der Waals surface area contributed by atoms with Gasteiger partial charge in [-0.3, -0.25) is 0 Å². The van der Waals surface area contributed by atoms with E-state index in [1.807, 2.05) is 6.07 Å². The lowest BCUT2D eigenvalue weighted by Gasteiger charge is -2.14. The second-order valence-corrected chi connectivity index (χ2v) is 5.67. The maximum absolute atomic E-state index is 4.47. The number of unbranched alkanes of at least 4 members (excludes halogenated alkanes) is 2. The third-order valence-electron chi connectivity index (χ3n) is 3.47. The van der Waals surface area contributed by atoms with Crippen LogP contribution in [-0.2, 0) is 0 Å². The summed E-state index contributed by atoms with van der Waals surface area (Å²) in [5, 5.41) is 14.6. The molecule has 0 atom stereocenters. The van der Waals surface area contributed by atoms with E-state index in [0.29, 0.717) is 17.7 Å². The van der Waals surface area contributed by atoms with Crippen molar-refractivity contribution in [2.75, 3.05) is 17.2 Å². The highest BCUT2D eigenvalue weighted by atomic mass is 15.3. The summed E-state index contributed by atoms with van der Waals surface area (Å²) in [7, 11) is 0. The number of nitrogens with zero attached hydrogens (tertiary/aromatic N) is 3. The van der Waals surface area contributed by atoms with Crippen LogP contribution in [0.1, 0.15) is 51.5 Å². The molecule has 0 saturated carbocycles. The lowest BCUT2D eigenvalue weighted by Crippen LogP contribution is -2.08. The summed E-state index contributed by atoms with van der Waals surface area (Å²) in [5.74, 6) is 1.73. The van der Waals surface area contributed by atoms with Gasteiger partial charge in [0.2, 0.25) is 5.95 Å². The number of hydrogen-bond acceptors (Lipinski definition) is 5. The fourth-order valence-electron chi connectivity index (χ4n) is 2.27. The van der Waals surface area contributed by atoms with E-state index in [2.05, 4.69) is 64.8 Å². The summed E-state index contributed by atoms with van der Waals surface area (Å²) in [6, 6.07) is 8.27. The van der Waals surface area contributed by atoms with Gasteiger partial charge in [0.1, 0.15) is 0 Å². The normalized spacial score (nSPS) is 10.7. The smallest absolute Gasteiger partial charge is 0.244 e. The van der Waals surface area contributed by atoms with Crippen molar-refractivity contribution in [2.45, 2.75) is 46.0 Å². The fraction of sp³-hybridized carbons (Fsp3) is 0.471. The van der Waals surface area contributed by atoms with Crippen molar-refractivity contribution < 1.29 is 0 Å². The number of anilines is 3. The molecule has 0 bridgehead atoms. The van der Waals surface area contributed by atoms with Gasteiger partial charge in [0, 0.05) is 12.2 Å². The van der Waals surface area contributed by atoms with Gasteiger partial charge in [0.25, 0.3) is 0 Å². The van der Waals surface area contributed by atoms with E-state index in [1.54, 1.807) is 6.20 Å². The Bertz CT molecular complexity index is 583. The van der Waals surface area contributed by atoms with Gasteiger partial charge in [-0.05, 0) is 24.0 Å². The monoisotopic (exact) mass is 299 g/mol. The summed E-state index contributed by atoms with van der Waals surface area (Å²) in [6.07, 6.45) is 5.18. The fourth-order valence-corrected chi connectivity index (χ4v) is 2.27. The molecule has 2 N–H and O–H groups in total. The van der Waals surface area contributed by atoms with Crippen LogP contribution in [0.5, 0.6) is 0 Å². The van der Waals surface area contributed by atoms with Crippen molar-refractivity contribution in [3.8, 4) is 0 Å². The molecule has 5 heteroatoms. The van der Waals surface area contributed by atoms with Crippen molar-refractivity contribution in [3.63, 3.8) is 0 Å². The first-order valence-corrected chi connectivity index (χ1v) is 8.00. The van der Waals surface area contributed by atoms with Crippen LogP contribution in [0.25, 0.3) is 0 Å². The minimum absolute atomic E-state index is 0.449. The van der Waals surface area contributed by atoms with Gasteiger partial charge in [0.05, 0.1) is 6.20 Å². The molecule has 2 aromatic rings. The van der Waals surface area contributed by atoms with Crippen LogP contribution in [0.2, 0.25) is 0 Å². The Labute approximate surface area is 132 Å². The molecule has 0 unspecified atom stereocenters. The van der Waals surface area contributed by atoms with E-state index in [0.717, 1.165) is 18.7 Å². The quantitative estimate of drug-likeness (QED) is 0.710. The Kier molecular flexibility index (Phi) is 6.13. The molecule has 0 radical (unpaired) electrons. The van der Waals surface area contributed by atoms with Crippen molar-refractivity contribution in [1.29, 1.82) is 0 Å². The number of benzene rings is 1. The van der Waals surface area contributed by atoms with Crippen LogP contribution in [0.3, 0.4) is 0 Å². The summed E-state index contributed by atoms with van der Waals surface area (Å²) in [4.78, 5) is 4.47. The lowest BCUT2D eigenvalue weighted by atomic mass is 10.0. The standard InChI is InChI=1S/C17H25N5/c1-4-5-8-11-18-17-21-16(12-19-22-17)20-15-10-7-6-9-14(15)13(2)3/h6-7,9-10,12-13H,4-5,8,11H2,1-3H3,(H2,18,20,21,22). The summed E-state index contributed by atoms with van der Waals surface area (Å²) >= 11 is 0. The van der Waals surface area contributed by atoms with Gasteiger partial charge in [0.15, 0.2) is 5.82 Å². The average Bonchev–Trinajstić information content (AvgIpc) is 2.52. The molecule has 5 nitrogen and oxygen atoms in total. The van der Waals surface area contributed by atoms with Crippen molar-refractivity contribution in [1.82, 2.24) is 15.2 Å². The van der Waals surface area contributed by atoms with Crippen LogP contribution in [-0.4, -0.2) is 21.7 Å². The Balaban J connectivity index is 2.04. The third kappa shape index (κ3) is 4.69. The molecule has 1 aromatic carbocycles. The summed E-state index contributed by atoms with van der Waals surface area (Å²) < 4.78 is 0. The molecule has 0 saturated heterocycles. The van der Waals surface area contributed by atoms with Crippen LogP contribution < -0.4 is 10.6 Å². The molecule has 0 amide bonds. The van der Waals surface area contributed by atoms with Gasteiger partial charge >= 0.3 is 0 Å². The first-order valence-electron chi connectivity index (χ1n) is 8.00. The minimum atomic E-state index is 0.449. The maximum Gasteiger partial charge on any atom is 0.244 e. The summed E-state index contributed by atoms with van der Waals surface area (Å²) in [5.41, 5.74) is 2.33. The second-order valence-electron chi connectivity index (χ2n) is 5.67. The van der Waals surface area contributed by atoms with Crippen molar-refractivity contribution in [3.05, 3.63) is 36.0 Å². The molecular formula is C17H25N5. The van der Waals surface area contributed by atoms with E-state index < -0.39 is 0 Å². The Morgan fingerprint density at radius 3 is 2.73 bits per heavy atom. The molecule has 118 valence electrons. The zero-order valence-electron chi connectivity index (χ0n) is 13.6. The minimum Gasteiger partial charge on any atom is -0.353 e. The zero-order valence-corrected chi connectivity index (χ0v) is 13.6. The van der Waals surface area contributed by atoms with Crippen LogP contribution >= 0.6 is 0 Å². The lowest BCUT2D eigenvalue weighted by molar-refractivity contribution is 0.738. The molecule has 0 aliphatic carbocycles. The predicted octanol–water partition coefficient (Wildman–Crippen LogP) is 4.34. The highest BCUT2D eigenvalue weighted by molar-refractivity contribution is 5.61. The molecule has 0 spiro atoms. The summed E-state index contributed by atoms with van der Waals surface area (Å²) in [6.45, 7) is 7.43. The molecule has 22 heavy (non-hydrogen) atoms. The van der Waals surface area contributed by atoms with E-state index in [1.165, 1.54) is 18.4 Å². The first-order chi connectivity index (χ1) is 10.7. The van der Waals surface area contributed by atoms with Gasteiger partial charge in [-0.15, -0.1) is 5.10 Å². The molecular weight excluding hydrogens is 274 g/mol. The number of hydrogen-bond donors (Lipinski definition) is 2. The van der Waals surface area contributed by atoms with Crippen molar-refractivity contribution in [2.24, 2.45) is 0 Å². The van der Waals surface area contributed by atoms with Gasteiger partial charge in [-0.2, -0.15) is 10.1 Å². The zero-order chi connectivity index (χ0) is 15.8. The number of para-hydroxylation sites is 1. The molecule has 1 aromatic heterocycles. The Morgan fingerprint density at radius 2 is 1.95 bits per heavy atom. The van der Waals surface area contributed by atoms with Crippen molar-refractivity contribution >= 4 is 17.5 Å². The molecule has 0 aliphatic rings. The van der Waals surface area contributed by atoms with Crippen LogP contribution in [0, 0.1) is 0 Å². The topological polar surface area (TPSA) is 62.7 Å². The molecule has 0 fully saturated rings. The van der Waals surface area contributed by atoms with E-state index in [9.17, 15) is 0 Å². The van der Waals surface area contributed by atoms with E-state index >= 15 is 0 Å². The van der Waals surface area contributed by atoms with Crippen LogP contribution in [0.15, 0.2) is 30.5 Å². The number of rotatable bonds is 8.